The molecule has 2 amide bonds. The number of ether oxygens (including phenoxy) is 2. The summed E-state index contributed by atoms with van der Waals surface area (Å²) in [4.78, 5) is 30.7. The van der Waals surface area contributed by atoms with E-state index in [0.29, 0.717) is 23.4 Å². The number of pyridine rings is 1. The van der Waals surface area contributed by atoms with E-state index in [9.17, 15) is 9.59 Å². The van der Waals surface area contributed by atoms with Crippen molar-refractivity contribution in [3.8, 4) is 11.4 Å². The van der Waals surface area contributed by atoms with Crippen molar-refractivity contribution in [1.29, 1.82) is 0 Å². The van der Waals surface area contributed by atoms with Crippen molar-refractivity contribution >= 4 is 23.6 Å². The number of rotatable bonds is 7. The van der Waals surface area contributed by atoms with E-state index in [1.807, 2.05) is 60.7 Å². The normalized spacial score (nSPS) is 20.0. The van der Waals surface area contributed by atoms with E-state index < -0.39 is 17.7 Å². The van der Waals surface area contributed by atoms with Gasteiger partial charge < -0.3 is 20.1 Å². The summed E-state index contributed by atoms with van der Waals surface area (Å²) in [6.45, 7) is 5.35. The number of amides is 2. The van der Waals surface area contributed by atoms with Crippen molar-refractivity contribution in [3.63, 3.8) is 0 Å². The average Bonchev–Trinajstić information content (AvgIpc) is 3.36. The minimum Gasteiger partial charge on any atom is -0.490 e. The van der Waals surface area contributed by atoms with Gasteiger partial charge in [0.15, 0.2) is 0 Å². The smallest absolute Gasteiger partial charge is 0.408 e. The Morgan fingerprint density at radius 2 is 1.70 bits per heavy atom. The van der Waals surface area contributed by atoms with Crippen LogP contribution in [0.25, 0.3) is 5.69 Å². The second kappa shape index (κ2) is 13.5. The molecule has 46 heavy (non-hydrogen) atoms. The molecule has 1 aliphatic heterocycles. The molecule has 1 fully saturated rings. The van der Waals surface area contributed by atoms with Crippen LogP contribution in [-0.2, 0) is 22.4 Å². The summed E-state index contributed by atoms with van der Waals surface area (Å²) in [7, 11) is 0. The molecule has 0 bridgehead atoms. The predicted molar refractivity (Wildman–Crippen MR) is 174 cm³/mol. The van der Waals surface area contributed by atoms with E-state index in [0.717, 1.165) is 54.3 Å². The largest absolute Gasteiger partial charge is 0.490 e. The van der Waals surface area contributed by atoms with Crippen molar-refractivity contribution in [2.75, 3.05) is 0 Å². The highest BCUT2D eigenvalue weighted by Gasteiger charge is 2.33. The third-order valence-electron chi connectivity index (χ3n) is 8.33. The summed E-state index contributed by atoms with van der Waals surface area (Å²) in [5.41, 5.74) is 1.90. The first-order valence-electron chi connectivity index (χ1n) is 15.8. The topological polar surface area (TPSA) is 120 Å². The zero-order valence-corrected chi connectivity index (χ0v) is 27.0. The van der Waals surface area contributed by atoms with Crippen LogP contribution in [0, 0.1) is 0 Å². The van der Waals surface area contributed by atoms with Crippen molar-refractivity contribution in [2.24, 2.45) is 0 Å². The highest BCUT2D eigenvalue weighted by Crippen LogP contribution is 2.37. The maximum atomic E-state index is 13.9. The first-order chi connectivity index (χ1) is 22.1. The minimum absolute atomic E-state index is 0.141. The summed E-state index contributed by atoms with van der Waals surface area (Å²) in [5, 5.41) is 15.9. The third kappa shape index (κ3) is 7.50. The Balaban J connectivity index is 1.22. The van der Waals surface area contributed by atoms with Gasteiger partial charge in [0.05, 0.1) is 11.8 Å². The summed E-state index contributed by atoms with van der Waals surface area (Å²) in [5.74, 6) is 2.40. The van der Waals surface area contributed by atoms with Crippen LogP contribution in [0.2, 0.25) is 5.02 Å². The maximum Gasteiger partial charge on any atom is 0.408 e. The molecule has 2 N–H and O–H groups in total. The van der Waals surface area contributed by atoms with Crippen molar-refractivity contribution in [2.45, 2.75) is 89.0 Å². The van der Waals surface area contributed by atoms with Gasteiger partial charge in [-0.3, -0.25) is 14.3 Å². The van der Waals surface area contributed by atoms with Crippen molar-refractivity contribution in [1.82, 2.24) is 30.4 Å². The Labute approximate surface area is 273 Å². The van der Waals surface area contributed by atoms with Crippen LogP contribution >= 0.6 is 11.6 Å². The second-order valence-corrected chi connectivity index (χ2v) is 13.4. The fourth-order valence-electron chi connectivity index (χ4n) is 6.29. The van der Waals surface area contributed by atoms with E-state index in [-0.39, 0.29) is 24.0 Å². The monoisotopic (exact) mass is 642 g/mol. The van der Waals surface area contributed by atoms with Gasteiger partial charge in [-0.05, 0) is 94.3 Å². The zero-order chi connectivity index (χ0) is 32.3. The third-order valence-corrected chi connectivity index (χ3v) is 8.56. The van der Waals surface area contributed by atoms with Gasteiger partial charge in [0.1, 0.15) is 29.0 Å². The van der Waals surface area contributed by atoms with Crippen LogP contribution in [0.5, 0.6) is 5.75 Å². The molecule has 2 aliphatic rings. The van der Waals surface area contributed by atoms with E-state index in [2.05, 4.69) is 25.3 Å². The Hall–Kier alpha value is -4.44. The van der Waals surface area contributed by atoms with Crippen LogP contribution in [0.3, 0.4) is 0 Å². The number of hydrogen-bond acceptors (Lipinski definition) is 7. The lowest BCUT2D eigenvalue weighted by atomic mass is 9.86. The first kappa shape index (κ1) is 31.5. The van der Waals surface area contributed by atoms with Crippen LogP contribution in [0.1, 0.15) is 81.2 Å². The van der Waals surface area contributed by atoms with E-state index >= 15 is 0 Å². The number of nitrogens with one attached hydrogen (secondary N) is 2. The number of carbonyl (C=O) groups excluding carboxylic acids is 2. The average molecular weight is 643 g/mol. The van der Waals surface area contributed by atoms with E-state index in [4.69, 9.17) is 26.2 Å². The van der Waals surface area contributed by atoms with Crippen LogP contribution in [0.15, 0.2) is 73.1 Å². The standard InChI is InChI=1S/C35H39ClN6O4/c1-35(2,3)46-34(44)39-31(22-7-5-4-6-8-22)33(43)38-26-20-24-19-25(36)11-14-29(24)42-30(21-26)40-41-32(42)23-9-12-27(13-10-23)45-28-15-17-37-18-16-28/h4-8,11,14-19,23,26-27,31H,9-10,12-13,20-21H2,1-3H3,(H,38,43)(H,39,44)/t23?,26-,27?,31-/m1/s1. The Bertz CT molecular complexity index is 1670. The molecule has 2 atom stereocenters. The van der Waals surface area contributed by atoms with Gasteiger partial charge in [-0.1, -0.05) is 41.9 Å². The summed E-state index contributed by atoms with van der Waals surface area (Å²) in [6.07, 6.45) is 7.61. The van der Waals surface area contributed by atoms with Gasteiger partial charge >= 0.3 is 6.09 Å². The second-order valence-electron chi connectivity index (χ2n) is 13.0. The molecule has 0 unspecified atom stereocenters. The lowest BCUT2D eigenvalue weighted by Crippen LogP contribution is -2.46. The molecule has 3 heterocycles. The van der Waals surface area contributed by atoms with E-state index in [1.54, 1.807) is 33.2 Å². The molecule has 2 aromatic heterocycles. The number of alkyl carbamates (subject to hydrolysis) is 1. The molecular weight excluding hydrogens is 604 g/mol. The summed E-state index contributed by atoms with van der Waals surface area (Å²) >= 11 is 6.49. The Morgan fingerprint density at radius 1 is 0.957 bits per heavy atom. The molecule has 6 rings (SSSR count). The van der Waals surface area contributed by atoms with Crippen LogP contribution < -0.4 is 15.4 Å². The lowest BCUT2D eigenvalue weighted by molar-refractivity contribution is -0.124. The molecular formula is C35H39ClN6O4. The van der Waals surface area contributed by atoms with Crippen LogP contribution in [-0.4, -0.2) is 49.5 Å². The Kier molecular flexibility index (Phi) is 9.26. The molecule has 0 radical (unpaired) electrons. The highest BCUT2D eigenvalue weighted by molar-refractivity contribution is 6.30. The molecule has 11 heteroatoms. The van der Waals surface area contributed by atoms with E-state index in [1.165, 1.54) is 0 Å². The Morgan fingerprint density at radius 3 is 2.41 bits per heavy atom. The van der Waals surface area contributed by atoms with Gasteiger partial charge in [0, 0.05) is 35.8 Å². The SMILES string of the molecule is CC(C)(C)OC(=O)N[C@@H](C(=O)N[C@@H]1Cc2cc(Cl)ccc2-n2c(nnc2C2CCC(Oc3ccncc3)CC2)C1)c1ccccc1. The number of hydrogen-bond donors (Lipinski definition) is 2. The predicted octanol–water partition coefficient (Wildman–Crippen LogP) is 6.27. The summed E-state index contributed by atoms with van der Waals surface area (Å²) in [6, 6.07) is 17.5. The molecule has 240 valence electrons. The molecule has 0 spiro atoms. The number of nitrogens with zero attached hydrogens (tertiary/aromatic N) is 4. The number of fused-ring (bicyclic) bond motifs is 3. The minimum atomic E-state index is -0.948. The van der Waals surface area contributed by atoms with Gasteiger partial charge in [0.2, 0.25) is 5.91 Å². The lowest BCUT2D eigenvalue weighted by Gasteiger charge is -2.29. The molecule has 10 nitrogen and oxygen atoms in total. The fourth-order valence-corrected chi connectivity index (χ4v) is 6.48. The quantitative estimate of drug-likeness (QED) is 0.244. The summed E-state index contributed by atoms with van der Waals surface area (Å²) < 4.78 is 13.8. The maximum absolute atomic E-state index is 13.9. The number of carbonyl (C=O) groups is 2. The molecule has 2 aromatic carbocycles. The fraction of sp³-hybridized carbons (Fsp3) is 0.400. The number of halogens is 1. The molecule has 1 aliphatic carbocycles. The zero-order valence-electron chi connectivity index (χ0n) is 26.3. The highest BCUT2D eigenvalue weighted by atomic mass is 35.5. The number of aromatic nitrogens is 4. The molecule has 4 aromatic rings. The number of benzene rings is 2. The van der Waals surface area contributed by atoms with Crippen LogP contribution in [0.4, 0.5) is 4.79 Å². The van der Waals surface area contributed by atoms with Gasteiger partial charge in [0.25, 0.3) is 0 Å². The van der Waals surface area contributed by atoms with Gasteiger partial charge in [-0.2, -0.15) is 0 Å². The van der Waals surface area contributed by atoms with Crippen molar-refractivity contribution in [3.05, 3.63) is 101 Å². The first-order valence-corrected chi connectivity index (χ1v) is 16.2. The van der Waals surface area contributed by atoms with Gasteiger partial charge in [-0.25, -0.2) is 4.79 Å². The van der Waals surface area contributed by atoms with Gasteiger partial charge in [-0.15, -0.1) is 10.2 Å². The molecule has 1 saturated carbocycles. The van der Waals surface area contributed by atoms with Crippen molar-refractivity contribution < 1.29 is 19.1 Å². The molecule has 0 saturated heterocycles.